The van der Waals surface area contributed by atoms with Crippen LogP contribution in [0.25, 0.3) is 22.5 Å². The maximum Gasteiger partial charge on any atom is 0.251 e. The zero-order valence-corrected chi connectivity index (χ0v) is 18.0. The van der Waals surface area contributed by atoms with Crippen molar-refractivity contribution in [2.45, 2.75) is 18.9 Å². The van der Waals surface area contributed by atoms with Gasteiger partial charge in [-0.25, -0.2) is 0 Å². The highest BCUT2D eigenvalue weighted by Gasteiger charge is 2.23. The molecule has 0 spiro atoms. The molecule has 154 valence electrons. The molecule has 4 aromatic rings. The van der Waals surface area contributed by atoms with Crippen LogP contribution in [-0.4, -0.2) is 16.1 Å². The van der Waals surface area contributed by atoms with Gasteiger partial charge in [-0.15, -0.1) is 0 Å². The van der Waals surface area contributed by atoms with E-state index in [1.165, 1.54) is 11.1 Å². The second-order valence-corrected chi connectivity index (χ2v) is 8.48. The lowest BCUT2D eigenvalue weighted by molar-refractivity contribution is 0.0936. The number of hydrogen-bond donors (Lipinski definition) is 2. The van der Waals surface area contributed by atoms with Crippen molar-refractivity contribution in [3.8, 4) is 22.5 Å². The van der Waals surface area contributed by atoms with Crippen LogP contribution in [0.5, 0.6) is 0 Å². The van der Waals surface area contributed by atoms with E-state index in [0.29, 0.717) is 15.6 Å². The first-order valence-electron chi connectivity index (χ1n) is 10.1. The molecule has 0 fully saturated rings. The third kappa shape index (κ3) is 3.97. The van der Waals surface area contributed by atoms with Crippen LogP contribution in [0, 0.1) is 0 Å². The minimum absolute atomic E-state index is 0.0658. The van der Waals surface area contributed by atoms with E-state index in [9.17, 15) is 4.79 Å². The van der Waals surface area contributed by atoms with Gasteiger partial charge in [0.1, 0.15) is 0 Å². The average molecular weight is 448 g/mol. The first-order chi connectivity index (χ1) is 15.1. The molecular weight excluding hydrogens is 429 g/mol. The Kier molecular flexibility index (Phi) is 5.26. The summed E-state index contributed by atoms with van der Waals surface area (Å²) in [6, 6.07) is 23.1. The van der Waals surface area contributed by atoms with E-state index >= 15 is 0 Å². The van der Waals surface area contributed by atoms with Gasteiger partial charge in [0.25, 0.3) is 5.91 Å². The van der Waals surface area contributed by atoms with Crippen LogP contribution in [0.1, 0.15) is 33.9 Å². The predicted molar refractivity (Wildman–Crippen MR) is 124 cm³/mol. The van der Waals surface area contributed by atoms with E-state index in [-0.39, 0.29) is 11.9 Å². The van der Waals surface area contributed by atoms with E-state index in [2.05, 4.69) is 27.6 Å². The number of fused-ring (bicyclic) bond motifs is 1. The SMILES string of the molecule is O=C(N[C@@H]1CCc2ccccc21)c1ccc(-c2cc(-c3ccc(Cl)cc3Cl)[nH]n2)cc1. The largest absolute Gasteiger partial charge is 0.345 e. The summed E-state index contributed by atoms with van der Waals surface area (Å²) in [5, 5.41) is 11.7. The second-order valence-electron chi connectivity index (χ2n) is 7.63. The van der Waals surface area contributed by atoms with Gasteiger partial charge in [0.2, 0.25) is 0 Å². The third-order valence-electron chi connectivity index (χ3n) is 5.68. The van der Waals surface area contributed by atoms with Crippen molar-refractivity contribution in [2.75, 3.05) is 0 Å². The Morgan fingerprint density at radius 3 is 2.61 bits per heavy atom. The van der Waals surface area contributed by atoms with E-state index in [1.807, 2.05) is 48.5 Å². The van der Waals surface area contributed by atoms with Crippen molar-refractivity contribution in [3.63, 3.8) is 0 Å². The van der Waals surface area contributed by atoms with Gasteiger partial charge in [-0.05, 0) is 60.4 Å². The van der Waals surface area contributed by atoms with Gasteiger partial charge in [-0.3, -0.25) is 9.89 Å². The highest BCUT2D eigenvalue weighted by Crippen LogP contribution is 2.32. The molecule has 1 aliphatic rings. The van der Waals surface area contributed by atoms with Gasteiger partial charge in [0, 0.05) is 21.7 Å². The molecule has 1 atom stereocenters. The number of benzene rings is 3. The third-order valence-corrected chi connectivity index (χ3v) is 6.23. The minimum atomic E-state index is -0.0658. The Labute approximate surface area is 190 Å². The maximum absolute atomic E-state index is 12.8. The molecule has 0 saturated carbocycles. The smallest absolute Gasteiger partial charge is 0.251 e. The monoisotopic (exact) mass is 447 g/mol. The molecule has 1 heterocycles. The van der Waals surface area contributed by atoms with Crippen LogP contribution >= 0.6 is 23.2 Å². The number of carbonyl (C=O) groups is 1. The predicted octanol–water partition coefficient (Wildman–Crippen LogP) is 6.47. The van der Waals surface area contributed by atoms with E-state index in [4.69, 9.17) is 23.2 Å². The average Bonchev–Trinajstić information content (AvgIpc) is 3.42. The molecule has 2 N–H and O–H groups in total. The number of hydrogen-bond acceptors (Lipinski definition) is 2. The number of aromatic amines is 1. The zero-order valence-electron chi connectivity index (χ0n) is 16.5. The summed E-state index contributed by atoms with van der Waals surface area (Å²) in [5.41, 5.74) is 6.49. The van der Waals surface area contributed by atoms with Crippen molar-refractivity contribution >= 4 is 29.1 Å². The summed E-state index contributed by atoms with van der Waals surface area (Å²) < 4.78 is 0. The number of carbonyl (C=O) groups excluding carboxylic acids is 1. The minimum Gasteiger partial charge on any atom is -0.345 e. The number of nitrogens with zero attached hydrogens (tertiary/aromatic N) is 1. The van der Waals surface area contributed by atoms with Crippen LogP contribution in [0.3, 0.4) is 0 Å². The molecule has 3 aromatic carbocycles. The Morgan fingerprint density at radius 1 is 1.00 bits per heavy atom. The summed E-state index contributed by atoms with van der Waals surface area (Å²) in [4.78, 5) is 12.8. The fourth-order valence-corrected chi connectivity index (χ4v) is 4.57. The number of halogens is 2. The van der Waals surface area contributed by atoms with Crippen LogP contribution in [0.4, 0.5) is 0 Å². The molecular formula is C25H19Cl2N3O. The molecule has 0 saturated heterocycles. The lowest BCUT2D eigenvalue weighted by atomic mass is 10.1. The molecule has 6 heteroatoms. The highest BCUT2D eigenvalue weighted by atomic mass is 35.5. The van der Waals surface area contributed by atoms with Crippen LogP contribution in [0.2, 0.25) is 10.0 Å². The molecule has 1 aromatic heterocycles. The molecule has 0 radical (unpaired) electrons. The molecule has 31 heavy (non-hydrogen) atoms. The lowest BCUT2D eigenvalue weighted by Crippen LogP contribution is -2.27. The van der Waals surface area contributed by atoms with Gasteiger partial charge >= 0.3 is 0 Å². The molecule has 0 aliphatic heterocycles. The van der Waals surface area contributed by atoms with E-state index in [1.54, 1.807) is 12.1 Å². The van der Waals surface area contributed by atoms with Crippen molar-refractivity contribution in [3.05, 3.63) is 99.5 Å². The number of aromatic nitrogens is 2. The van der Waals surface area contributed by atoms with E-state index < -0.39 is 0 Å². The number of amides is 1. The normalized spacial score (nSPS) is 15.0. The number of aryl methyl sites for hydroxylation is 1. The summed E-state index contributed by atoms with van der Waals surface area (Å²) in [6.45, 7) is 0. The van der Waals surface area contributed by atoms with Crippen LogP contribution < -0.4 is 5.32 Å². The second kappa shape index (κ2) is 8.22. The van der Waals surface area contributed by atoms with Gasteiger partial charge in [-0.2, -0.15) is 5.10 Å². The van der Waals surface area contributed by atoms with Crippen LogP contribution in [-0.2, 0) is 6.42 Å². The fourth-order valence-electron chi connectivity index (χ4n) is 4.06. The van der Waals surface area contributed by atoms with Gasteiger partial charge in [0.05, 0.1) is 22.5 Å². The van der Waals surface area contributed by atoms with Crippen molar-refractivity contribution in [1.29, 1.82) is 0 Å². The number of rotatable bonds is 4. The molecule has 4 nitrogen and oxygen atoms in total. The first kappa shape index (κ1) is 19.9. The fraction of sp³-hybridized carbons (Fsp3) is 0.120. The number of H-pyrrole nitrogens is 1. The Morgan fingerprint density at radius 2 is 1.81 bits per heavy atom. The molecule has 5 rings (SSSR count). The molecule has 1 aliphatic carbocycles. The highest BCUT2D eigenvalue weighted by molar-refractivity contribution is 6.36. The lowest BCUT2D eigenvalue weighted by Gasteiger charge is -2.14. The Hall–Kier alpha value is -3.08. The van der Waals surface area contributed by atoms with Gasteiger partial charge in [-0.1, -0.05) is 59.6 Å². The van der Waals surface area contributed by atoms with Crippen molar-refractivity contribution in [1.82, 2.24) is 15.5 Å². The van der Waals surface area contributed by atoms with E-state index in [0.717, 1.165) is 35.4 Å². The molecule has 1 amide bonds. The first-order valence-corrected chi connectivity index (χ1v) is 10.8. The van der Waals surface area contributed by atoms with Crippen LogP contribution in [0.15, 0.2) is 72.8 Å². The summed E-state index contributed by atoms with van der Waals surface area (Å²) >= 11 is 12.3. The number of nitrogens with one attached hydrogen (secondary N) is 2. The maximum atomic E-state index is 12.8. The van der Waals surface area contributed by atoms with Gasteiger partial charge in [0.15, 0.2) is 0 Å². The van der Waals surface area contributed by atoms with Crippen molar-refractivity contribution < 1.29 is 4.79 Å². The summed E-state index contributed by atoms with van der Waals surface area (Å²) in [6.07, 6.45) is 1.94. The summed E-state index contributed by atoms with van der Waals surface area (Å²) in [7, 11) is 0. The Balaban J connectivity index is 1.31. The Bertz CT molecular complexity index is 1260. The standard InChI is InChI=1S/C25H19Cl2N3O/c26-18-10-11-20(21(27)13-18)24-14-23(29-30-24)16-5-7-17(8-6-16)25(31)28-22-12-9-15-3-1-2-4-19(15)22/h1-8,10-11,13-14,22H,9,12H2,(H,28,31)(H,29,30)/t22-/m1/s1. The zero-order chi connectivity index (χ0) is 21.4. The quantitative estimate of drug-likeness (QED) is 0.376. The topological polar surface area (TPSA) is 57.8 Å². The molecule has 0 unspecified atom stereocenters. The van der Waals surface area contributed by atoms with Crippen molar-refractivity contribution in [2.24, 2.45) is 0 Å². The van der Waals surface area contributed by atoms with Gasteiger partial charge < -0.3 is 5.32 Å². The summed E-state index contributed by atoms with van der Waals surface area (Å²) in [5.74, 6) is -0.0658. The molecule has 0 bridgehead atoms.